The van der Waals surface area contributed by atoms with E-state index in [2.05, 4.69) is 22.5 Å². The zero-order valence-electron chi connectivity index (χ0n) is 31.9. The third kappa shape index (κ3) is 7.00. The van der Waals surface area contributed by atoms with E-state index in [-0.39, 0.29) is 74.6 Å². The summed E-state index contributed by atoms with van der Waals surface area (Å²) in [6.45, 7) is 4.70. The number of carbonyl (C=O) groups excluding carboxylic acids is 4. The Labute approximate surface area is 345 Å². The third-order valence-electron chi connectivity index (χ3n) is 12.1. The van der Waals surface area contributed by atoms with Gasteiger partial charge in [-0.15, -0.1) is 23.1 Å². The standard InChI is InChI=1S/C38H41ClN6O11S2/c1-15-21(13-45(4)18-6-7-19(45)10-16(9-18)11-23(46)20-8-5-17-12-24(47)31(49)26(39)25(17)30(20)48)29(35(52)53)44-33(51)28(34(44)58-15)42-32(50)27(22-14-57-37(40)41-22)43-56-38(2,3)36(54)55/h8,12,14-16,18-19,28,34H,5-7,9-11,13H2,1-4H3,(H6-,40,41,42,43,47,48,49,50,52,53,54,55)/p+1/t15-,16?,18-,19+,28+,34+,45?/m0/s1. The third-order valence-corrected chi connectivity index (χ3v) is 14.6. The van der Waals surface area contributed by atoms with Crippen molar-refractivity contribution < 1.29 is 58.5 Å². The van der Waals surface area contributed by atoms with Crippen LogP contribution in [0.15, 0.2) is 39.5 Å². The van der Waals surface area contributed by atoms with Crippen molar-refractivity contribution in [2.75, 3.05) is 19.3 Å². The number of nitrogens with one attached hydrogen (secondary N) is 1. The van der Waals surface area contributed by atoms with Gasteiger partial charge in [-0.05, 0) is 44.7 Å². The molecule has 7 atom stereocenters. The number of fused-ring (bicyclic) bond motifs is 4. The number of thioether (sulfide) groups is 1. The smallest absolute Gasteiger partial charge is 0.352 e. The number of quaternary nitrogens is 1. The lowest BCUT2D eigenvalue weighted by molar-refractivity contribution is -0.945. The van der Waals surface area contributed by atoms with Crippen molar-refractivity contribution in [3.05, 3.63) is 56.2 Å². The largest absolute Gasteiger partial charge is 0.504 e. The van der Waals surface area contributed by atoms with Crippen LogP contribution in [-0.4, -0.2) is 124 Å². The maximum absolute atomic E-state index is 13.7. The number of piperidine rings is 1. The summed E-state index contributed by atoms with van der Waals surface area (Å²) in [5.74, 6) is -6.13. The van der Waals surface area contributed by atoms with Crippen LogP contribution in [0.25, 0.3) is 0 Å². The van der Waals surface area contributed by atoms with E-state index in [0.29, 0.717) is 35.0 Å². The van der Waals surface area contributed by atoms with Crippen LogP contribution in [0.1, 0.15) is 74.5 Å². The number of nitrogen functional groups attached to an aromatic ring is 1. The molecule has 4 aliphatic heterocycles. The highest BCUT2D eigenvalue weighted by atomic mass is 35.5. The van der Waals surface area contributed by atoms with Gasteiger partial charge in [0.25, 0.3) is 11.8 Å². The van der Waals surface area contributed by atoms with Gasteiger partial charge in [0.1, 0.15) is 29.4 Å². The summed E-state index contributed by atoms with van der Waals surface area (Å²) < 4.78 is 0.533. The lowest BCUT2D eigenvalue weighted by Gasteiger charge is -2.53. The second kappa shape index (κ2) is 15.0. The molecule has 5 aliphatic rings. The number of rotatable bonds is 12. The number of aromatic hydroxyl groups is 2. The Morgan fingerprint density at radius 1 is 1.16 bits per heavy atom. The number of carbonyl (C=O) groups is 6. The van der Waals surface area contributed by atoms with Crippen molar-refractivity contribution in [2.45, 2.75) is 93.6 Å². The molecule has 17 nitrogen and oxygen atoms in total. The average Bonchev–Trinajstić information content (AvgIpc) is 3.62. The number of allylic oxidation sites excluding steroid dienone is 2. The van der Waals surface area contributed by atoms with Gasteiger partial charge in [-0.3, -0.25) is 24.1 Å². The number of phenols is 2. The quantitative estimate of drug-likeness (QED) is 0.0448. The second-order valence-electron chi connectivity index (χ2n) is 16.0. The summed E-state index contributed by atoms with van der Waals surface area (Å²) in [6.07, 6.45) is 4.94. The molecule has 3 saturated heterocycles. The fraction of sp³-hybridized carbons (Fsp3) is 0.474. The molecule has 7 N–H and O–H groups in total. The molecule has 5 heterocycles. The van der Waals surface area contributed by atoms with Gasteiger partial charge < -0.3 is 40.8 Å². The molecule has 2 aromatic rings. The van der Waals surface area contributed by atoms with Crippen molar-refractivity contribution in [1.82, 2.24) is 15.2 Å². The van der Waals surface area contributed by atoms with E-state index >= 15 is 0 Å². The van der Waals surface area contributed by atoms with E-state index in [1.165, 1.54) is 42.0 Å². The number of β-lactam (4-membered cyclic amide) rings is 1. The molecule has 2 amide bonds. The molecule has 1 aromatic heterocycles. The summed E-state index contributed by atoms with van der Waals surface area (Å²) in [5.41, 5.74) is 4.46. The van der Waals surface area contributed by atoms with Gasteiger partial charge in [-0.25, -0.2) is 14.6 Å². The number of hydrogen-bond acceptors (Lipinski definition) is 14. The number of carboxylic acid groups (broad SMARTS) is 2. The number of hydrogen-bond donors (Lipinski definition) is 6. The van der Waals surface area contributed by atoms with Crippen molar-refractivity contribution >= 4 is 80.9 Å². The zero-order chi connectivity index (χ0) is 42.2. The molecule has 2 bridgehead atoms. The van der Waals surface area contributed by atoms with E-state index in [4.69, 9.17) is 22.2 Å². The summed E-state index contributed by atoms with van der Waals surface area (Å²) >= 11 is 8.56. The zero-order valence-corrected chi connectivity index (χ0v) is 34.2. The summed E-state index contributed by atoms with van der Waals surface area (Å²) in [6, 6.07) is 0.315. The van der Waals surface area contributed by atoms with Gasteiger partial charge in [0.15, 0.2) is 33.9 Å². The molecule has 0 radical (unpaired) electrons. The van der Waals surface area contributed by atoms with Crippen LogP contribution < -0.4 is 11.1 Å². The van der Waals surface area contributed by atoms with Crippen LogP contribution in [0, 0.1) is 5.92 Å². The molecule has 2 unspecified atom stereocenters. The number of aromatic nitrogens is 1. The highest BCUT2D eigenvalue weighted by molar-refractivity contribution is 8.00. The Morgan fingerprint density at radius 3 is 2.43 bits per heavy atom. The van der Waals surface area contributed by atoms with Crippen LogP contribution in [0.2, 0.25) is 5.02 Å². The van der Waals surface area contributed by atoms with Crippen LogP contribution in [0.3, 0.4) is 0 Å². The Morgan fingerprint density at radius 2 is 1.83 bits per heavy atom. The summed E-state index contributed by atoms with van der Waals surface area (Å²) in [4.78, 5) is 89.3. The minimum Gasteiger partial charge on any atom is -0.504 e. The number of carboxylic acids is 2. The fourth-order valence-electron chi connectivity index (χ4n) is 8.85. The first-order valence-electron chi connectivity index (χ1n) is 18.6. The van der Waals surface area contributed by atoms with Crippen LogP contribution in [-0.2, 0) is 35.2 Å². The number of amides is 2. The number of nitrogens with two attached hydrogens (primary N) is 1. The first-order chi connectivity index (χ1) is 27.2. The molecule has 3 fully saturated rings. The minimum atomic E-state index is -1.80. The summed E-state index contributed by atoms with van der Waals surface area (Å²) in [5, 5.41) is 46.6. The van der Waals surface area contributed by atoms with Gasteiger partial charge in [0.05, 0.1) is 29.7 Å². The first kappa shape index (κ1) is 41.2. The number of likely N-dealkylation sites (N-methyl/N-ethyl adjacent to an activating group) is 1. The van der Waals surface area contributed by atoms with Gasteiger partial charge in [-0.2, -0.15) is 0 Å². The molecule has 7 rings (SSSR count). The van der Waals surface area contributed by atoms with E-state index in [9.17, 15) is 49.2 Å². The SMILES string of the molecule is C[C@@H]1S[C@@H]2[C@H](NC(=O)/C(=N\OC(C)(C)C(=O)O)c3csc(N)n3)C(=O)N2C(C(=O)O)=C1C[N+]1(C)[C@@H]2CC[C@H]1CC(CC(=O)C1=CCc3cc(O)c(O)c(Cl)c3C1=O)C2. The molecular formula is C38H42ClN6O11S2+. The number of benzene rings is 1. The Balaban J connectivity index is 1.05. The number of phenolic OH excluding ortho intramolecular Hbond substituents is 2. The Bertz CT molecular complexity index is 2260. The topological polar surface area (TPSA) is 259 Å². The Hall–Kier alpha value is -4.98. The number of ketones is 2. The number of Topliss-reactive ketones (excluding diaryl/α,β-unsaturated/α-hetero) is 2. The molecule has 20 heteroatoms. The number of nitrogens with zero attached hydrogens (tertiary/aromatic N) is 4. The predicted octanol–water partition coefficient (Wildman–Crippen LogP) is 3.21. The highest BCUT2D eigenvalue weighted by Gasteiger charge is 2.59. The summed E-state index contributed by atoms with van der Waals surface area (Å²) in [7, 11) is 2.09. The van der Waals surface area contributed by atoms with Crippen molar-refractivity contribution in [2.24, 2.45) is 11.1 Å². The van der Waals surface area contributed by atoms with Crippen molar-refractivity contribution in [3.63, 3.8) is 0 Å². The molecule has 308 valence electrons. The van der Waals surface area contributed by atoms with Gasteiger partial charge in [0.2, 0.25) is 5.60 Å². The molecule has 1 aliphatic carbocycles. The van der Waals surface area contributed by atoms with Gasteiger partial charge >= 0.3 is 11.9 Å². The average molecular weight is 858 g/mol. The molecular weight excluding hydrogens is 816 g/mol. The van der Waals surface area contributed by atoms with Crippen LogP contribution >= 0.6 is 34.7 Å². The fourth-order valence-corrected chi connectivity index (χ4v) is 11.1. The van der Waals surface area contributed by atoms with Crippen LogP contribution in [0.5, 0.6) is 11.5 Å². The van der Waals surface area contributed by atoms with Crippen LogP contribution in [0.4, 0.5) is 5.13 Å². The number of aliphatic carboxylic acids is 2. The Kier molecular flexibility index (Phi) is 10.7. The monoisotopic (exact) mass is 857 g/mol. The van der Waals surface area contributed by atoms with Gasteiger partial charge in [-0.1, -0.05) is 22.8 Å². The van der Waals surface area contributed by atoms with E-state index in [1.807, 2.05) is 6.92 Å². The normalized spacial score (nSPS) is 28.0. The predicted molar refractivity (Wildman–Crippen MR) is 211 cm³/mol. The van der Waals surface area contributed by atoms with Gasteiger partial charge in [0, 0.05) is 53.9 Å². The minimum absolute atomic E-state index is 0.000847. The van der Waals surface area contributed by atoms with Crippen molar-refractivity contribution in [3.8, 4) is 11.5 Å². The van der Waals surface area contributed by atoms with E-state index in [0.717, 1.165) is 24.2 Å². The number of thiazole rings is 1. The van der Waals surface area contributed by atoms with E-state index in [1.54, 1.807) is 6.08 Å². The number of oxime groups is 1. The molecule has 1 aromatic carbocycles. The van der Waals surface area contributed by atoms with E-state index < -0.39 is 63.8 Å². The first-order valence-corrected chi connectivity index (χ1v) is 20.8. The van der Waals surface area contributed by atoms with Crippen molar-refractivity contribution in [1.29, 1.82) is 0 Å². The maximum atomic E-state index is 13.7. The molecule has 0 spiro atoms. The molecule has 58 heavy (non-hydrogen) atoms. The molecule has 0 saturated carbocycles. The maximum Gasteiger partial charge on any atom is 0.352 e. The number of halogens is 1. The lowest BCUT2D eigenvalue weighted by atomic mass is 9.81. The highest BCUT2D eigenvalue weighted by Crippen LogP contribution is 2.50. The second-order valence-corrected chi connectivity index (χ2v) is 18.8. The number of anilines is 1. The lowest BCUT2D eigenvalue weighted by Crippen LogP contribution is -2.72.